The van der Waals surface area contributed by atoms with Crippen molar-refractivity contribution in [3.8, 4) is 5.75 Å². The Morgan fingerprint density at radius 3 is 2.50 bits per heavy atom. The molecule has 2 aromatic rings. The molecule has 1 heterocycles. The Balaban J connectivity index is 2.46. The number of hydrogen-bond donors (Lipinski definition) is 1. The second-order valence-corrected chi connectivity index (χ2v) is 5.16. The van der Waals surface area contributed by atoms with Crippen molar-refractivity contribution in [3.05, 3.63) is 39.4 Å². The molecule has 1 unspecified atom stereocenters. The Hall–Kier alpha value is -1.46. The highest BCUT2D eigenvalue weighted by Crippen LogP contribution is 2.30. The van der Waals surface area contributed by atoms with Gasteiger partial charge < -0.3 is 10.5 Å². The summed E-state index contributed by atoms with van der Waals surface area (Å²) in [7, 11) is 1.68. The largest absolute Gasteiger partial charge is 0.496 e. The molecule has 0 spiro atoms. The summed E-state index contributed by atoms with van der Waals surface area (Å²) in [6, 6.07) is 3.93. The molecular formula is C13H17N3OS. The number of ether oxygens (including phenoxy) is 1. The molecule has 5 heteroatoms. The van der Waals surface area contributed by atoms with Gasteiger partial charge in [0.2, 0.25) is 0 Å². The normalized spacial score (nSPS) is 12.5. The molecule has 0 fully saturated rings. The predicted octanol–water partition coefficient (Wildman–Crippen LogP) is 2.52. The van der Waals surface area contributed by atoms with Gasteiger partial charge in [0.15, 0.2) is 0 Å². The summed E-state index contributed by atoms with van der Waals surface area (Å²) >= 11 is 1.36. The maximum atomic E-state index is 6.31. The van der Waals surface area contributed by atoms with Crippen LogP contribution in [0, 0.1) is 20.8 Å². The third-order valence-electron chi connectivity index (χ3n) is 3.09. The van der Waals surface area contributed by atoms with Gasteiger partial charge in [-0.05, 0) is 55.1 Å². The molecular weight excluding hydrogens is 246 g/mol. The molecule has 0 saturated heterocycles. The Morgan fingerprint density at radius 2 is 1.94 bits per heavy atom. The van der Waals surface area contributed by atoms with Gasteiger partial charge >= 0.3 is 0 Å². The highest BCUT2D eigenvalue weighted by Gasteiger charge is 2.18. The van der Waals surface area contributed by atoms with E-state index in [0.29, 0.717) is 0 Å². The van der Waals surface area contributed by atoms with Gasteiger partial charge in [-0.2, -0.15) is 0 Å². The number of nitrogens with zero attached hydrogens (tertiary/aromatic N) is 2. The lowest BCUT2D eigenvalue weighted by atomic mass is 9.97. The molecule has 4 nitrogen and oxygen atoms in total. The molecule has 0 aliphatic heterocycles. The van der Waals surface area contributed by atoms with Crippen molar-refractivity contribution in [3.63, 3.8) is 0 Å². The van der Waals surface area contributed by atoms with Crippen molar-refractivity contribution >= 4 is 11.5 Å². The summed E-state index contributed by atoms with van der Waals surface area (Å²) in [6.07, 6.45) is 0. The number of benzene rings is 1. The van der Waals surface area contributed by atoms with Crippen LogP contribution >= 0.6 is 11.5 Å². The zero-order valence-corrected chi connectivity index (χ0v) is 11.8. The van der Waals surface area contributed by atoms with Crippen molar-refractivity contribution in [2.24, 2.45) is 5.73 Å². The smallest absolute Gasteiger partial charge is 0.122 e. The predicted molar refractivity (Wildman–Crippen MR) is 73.1 cm³/mol. The van der Waals surface area contributed by atoms with Gasteiger partial charge in [0.25, 0.3) is 0 Å². The van der Waals surface area contributed by atoms with E-state index in [9.17, 15) is 0 Å². The van der Waals surface area contributed by atoms with Crippen LogP contribution in [0.2, 0.25) is 0 Å². The lowest BCUT2D eigenvalue weighted by molar-refractivity contribution is 0.411. The highest BCUT2D eigenvalue weighted by molar-refractivity contribution is 7.05. The molecule has 2 N–H and O–H groups in total. The molecule has 0 aliphatic carbocycles. The molecule has 1 atom stereocenters. The van der Waals surface area contributed by atoms with Crippen LogP contribution in [0.15, 0.2) is 12.1 Å². The van der Waals surface area contributed by atoms with E-state index in [-0.39, 0.29) is 6.04 Å². The lowest BCUT2D eigenvalue weighted by Gasteiger charge is -2.16. The Morgan fingerprint density at radius 1 is 1.22 bits per heavy atom. The second kappa shape index (κ2) is 5.04. The summed E-state index contributed by atoms with van der Waals surface area (Å²) < 4.78 is 9.25. The van der Waals surface area contributed by atoms with Gasteiger partial charge in [0.05, 0.1) is 23.7 Å². The maximum Gasteiger partial charge on any atom is 0.122 e. The summed E-state index contributed by atoms with van der Waals surface area (Å²) in [6.45, 7) is 6.00. The van der Waals surface area contributed by atoms with Gasteiger partial charge in [-0.1, -0.05) is 10.6 Å². The fourth-order valence-electron chi connectivity index (χ4n) is 2.03. The van der Waals surface area contributed by atoms with Crippen LogP contribution in [0.25, 0.3) is 0 Å². The standard InChI is InChI=1S/C13H17N3OS/c1-7-6-11(17-4)8(2)5-10(7)12(14)13-9(3)15-16-18-13/h5-6,12H,14H2,1-4H3. The van der Waals surface area contributed by atoms with Crippen molar-refractivity contribution < 1.29 is 4.74 Å². The molecule has 1 aromatic heterocycles. The Labute approximate surface area is 111 Å². The number of rotatable bonds is 3. The lowest BCUT2D eigenvalue weighted by Crippen LogP contribution is -2.13. The summed E-state index contributed by atoms with van der Waals surface area (Å²) in [4.78, 5) is 1.02. The quantitative estimate of drug-likeness (QED) is 0.924. The van der Waals surface area contributed by atoms with Crippen molar-refractivity contribution in [2.75, 3.05) is 7.11 Å². The third-order valence-corrected chi connectivity index (χ3v) is 4.00. The maximum absolute atomic E-state index is 6.31. The van der Waals surface area contributed by atoms with E-state index in [1.54, 1.807) is 7.11 Å². The minimum Gasteiger partial charge on any atom is -0.496 e. The van der Waals surface area contributed by atoms with Gasteiger partial charge in [-0.3, -0.25) is 0 Å². The zero-order chi connectivity index (χ0) is 13.3. The zero-order valence-electron chi connectivity index (χ0n) is 11.0. The number of nitrogens with two attached hydrogens (primary N) is 1. The van der Waals surface area contributed by atoms with Gasteiger partial charge in [-0.25, -0.2) is 0 Å². The van der Waals surface area contributed by atoms with Gasteiger partial charge in [-0.15, -0.1) is 5.10 Å². The number of methoxy groups -OCH3 is 1. The van der Waals surface area contributed by atoms with Crippen LogP contribution in [0.1, 0.15) is 33.3 Å². The van der Waals surface area contributed by atoms with E-state index >= 15 is 0 Å². The average molecular weight is 263 g/mol. The first-order chi connectivity index (χ1) is 8.54. The van der Waals surface area contributed by atoms with Crippen LogP contribution in [0.4, 0.5) is 0 Å². The Kier molecular flexibility index (Phi) is 3.63. The summed E-state index contributed by atoms with van der Waals surface area (Å²) in [5, 5.41) is 4.01. The molecule has 0 saturated carbocycles. The SMILES string of the molecule is COc1cc(C)c(C(N)c2snnc2C)cc1C. The third kappa shape index (κ3) is 2.23. The number of aryl methyl sites for hydroxylation is 3. The molecule has 0 aliphatic rings. The summed E-state index contributed by atoms with van der Waals surface area (Å²) in [5.41, 5.74) is 10.5. The van der Waals surface area contributed by atoms with Crippen molar-refractivity contribution in [1.29, 1.82) is 0 Å². The van der Waals surface area contributed by atoms with Crippen LogP contribution in [0.5, 0.6) is 5.75 Å². The van der Waals surface area contributed by atoms with Crippen LogP contribution < -0.4 is 10.5 Å². The first-order valence-corrected chi connectivity index (χ1v) is 6.51. The van der Waals surface area contributed by atoms with E-state index in [4.69, 9.17) is 10.5 Å². The molecule has 2 rings (SSSR count). The average Bonchev–Trinajstić information content (AvgIpc) is 2.77. The highest BCUT2D eigenvalue weighted by atomic mass is 32.1. The second-order valence-electron chi connectivity index (χ2n) is 4.38. The van der Waals surface area contributed by atoms with E-state index < -0.39 is 0 Å². The topological polar surface area (TPSA) is 61.0 Å². The van der Waals surface area contributed by atoms with Gasteiger partial charge in [0.1, 0.15) is 5.75 Å². The van der Waals surface area contributed by atoms with Crippen molar-refractivity contribution in [2.45, 2.75) is 26.8 Å². The van der Waals surface area contributed by atoms with E-state index in [1.165, 1.54) is 11.5 Å². The molecule has 0 bridgehead atoms. The molecule has 0 amide bonds. The van der Waals surface area contributed by atoms with Gasteiger partial charge in [0, 0.05) is 0 Å². The first-order valence-electron chi connectivity index (χ1n) is 5.74. The Bertz CT molecular complexity index is 565. The molecule has 96 valence electrons. The molecule has 0 radical (unpaired) electrons. The number of aromatic nitrogens is 2. The minimum absolute atomic E-state index is 0.172. The fourth-order valence-corrected chi connectivity index (χ4v) is 2.70. The van der Waals surface area contributed by atoms with Crippen LogP contribution in [-0.4, -0.2) is 16.7 Å². The van der Waals surface area contributed by atoms with Crippen LogP contribution in [0.3, 0.4) is 0 Å². The number of hydrogen-bond acceptors (Lipinski definition) is 5. The minimum atomic E-state index is -0.172. The molecule has 18 heavy (non-hydrogen) atoms. The van der Waals surface area contributed by atoms with Crippen molar-refractivity contribution in [1.82, 2.24) is 9.59 Å². The fraction of sp³-hybridized carbons (Fsp3) is 0.385. The van der Waals surface area contributed by atoms with E-state index in [1.807, 2.05) is 26.8 Å². The van der Waals surface area contributed by atoms with E-state index in [0.717, 1.165) is 33.0 Å². The van der Waals surface area contributed by atoms with Crippen LogP contribution in [-0.2, 0) is 0 Å². The van der Waals surface area contributed by atoms with E-state index in [2.05, 4.69) is 15.7 Å². The first kappa shape index (κ1) is 13.0. The summed E-state index contributed by atoms with van der Waals surface area (Å²) in [5.74, 6) is 0.891. The molecule has 1 aromatic carbocycles. The monoisotopic (exact) mass is 263 g/mol.